The van der Waals surface area contributed by atoms with Gasteiger partial charge in [0, 0.05) is 23.1 Å². The number of nitrogens with zero attached hydrogens (tertiary/aromatic N) is 1. The van der Waals surface area contributed by atoms with E-state index in [2.05, 4.69) is 28.2 Å². The number of piperidine rings is 1. The highest BCUT2D eigenvalue weighted by molar-refractivity contribution is 9.10. The third kappa shape index (κ3) is 3.15. The average Bonchev–Trinajstić information content (AvgIpc) is 2.39. The Bertz CT molecular complexity index is 484. The molecule has 19 heavy (non-hydrogen) atoms. The molecule has 3 nitrogen and oxygen atoms in total. The van der Waals surface area contributed by atoms with Gasteiger partial charge in [0.15, 0.2) is 0 Å². The zero-order valence-corrected chi connectivity index (χ0v) is 12.8. The maximum absolute atomic E-state index is 13.0. The molecule has 0 radical (unpaired) electrons. The maximum atomic E-state index is 13.0. The summed E-state index contributed by atoms with van der Waals surface area (Å²) < 4.78 is 13.6. The first-order chi connectivity index (χ1) is 8.95. The minimum atomic E-state index is -0.343. The van der Waals surface area contributed by atoms with Gasteiger partial charge in [-0.25, -0.2) is 4.39 Å². The third-order valence-electron chi connectivity index (χ3n) is 3.92. The van der Waals surface area contributed by atoms with E-state index in [1.165, 1.54) is 18.2 Å². The second-order valence-electron chi connectivity index (χ2n) is 5.23. The van der Waals surface area contributed by atoms with Crippen LogP contribution in [-0.4, -0.2) is 36.5 Å². The van der Waals surface area contributed by atoms with Crippen LogP contribution in [0.2, 0.25) is 0 Å². The summed E-state index contributed by atoms with van der Waals surface area (Å²) in [5.74, 6) is -0.380. The lowest BCUT2D eigenvalue weighted by molar-refractivity contribution is 0.0661. The minimum absolute atomic E-state index is 0.0370. The first kappa shape index (κ1) is 14.5. The normalized spacial score (nSPS) is 18.4. The monoisotopic (exact) mass is 328 g/mol. The summed E-state index contributed by atoms with van der Waals surface area (Å²) >= 11 is 3.25. The van der Waals surface area contributed by atoms with Crippen LogP contribution in [0.1, 0.15) is 30.1 Å². The first-order valence-electron chi connectivity index (χ1n) is 6.38. The van der Waals surface area contributed by atoms with Crippen molar-refractivity contribution in [3.05, 3.63) is 34.1 Å². The summed E-state index contributed by atoms with van der Waals surface area (Å²) in [4.78, 5) is 14.2. The Morgan fingerprint density at radius 3 is 2.58 bits per heavy atom. The largest absolute Gasteiger partial charge is 0.338 e. The molecule has 104 valence electrons. The molecule has 0 unspecified atom stereocenters. The van der Waals surface area contributed by atoms with Crippen molar-refractivity contribution in [2.75, 3.05) is 20.1 Å². The van der Waals surface area contributed by atoms with Crippen molar-refractivity contribution in [2.24, 2.45) is 0 Å². The zero-order valence-electron chi connectivity index (χ0n) is 11.2. The molecule has 1 amide bonds. The lowest BCUT2D eigenvalue weighted by atomic mass is 9.89. The van der Waals surface area contributed by atoms with Crippen LogP contribution in [0.15, 0.2) is 22.7 Å². The number of halogens is 2. The van der Waals surface area contributed by atoms with E-state index in [4.69, 9.17) is 0 Å². The van der Waals surface area contributed by atoms with Gasteiger partial charge in [-0.1, -0.05) is 0 Å². The number of benzene rings is 1. The highest BCUT2D eigenvalue weighted by Crippen LogP contribution is 2.25. The molecule has 1 aliphatic heterocycles. The van der Waals surface area contributed by atoms with E-state index in [0.29, 0.717) is 10.0 Å². The van der Waals surface area contributed by atoms with Crippen molar-refractivity contribution in [3.8, 4) is 0 Å². The number of nitrogens with one attached hydrogen (secondary N) is 1. The van der Waals surface area contributed by atoms with Gasteiger partial charge in [0.2, 0.25) is 0 Å². The smallest absolute Gasteiger partial charge is 0.255 e. The van der Waals surface area contributed by atoms with E-state index in [-0.39, 0.29) is 17.3 Å². The lowest BCUT2D eigenvalue weighted by Crippen LogP contribution is -2.51. The number of hydrogen-bond acceptors (Lipinski definition) is 2. The molecular formula is C14H18BrFN2O. The van der Waals surface area contributed by atoms with Crippen LogP contribution in [0.25, 0.3) is 0 Å². The maximum Gasteiger partial charge on any atom is 0.255 e. The van der Waals surface area contributed by atoms with E-state index < -0.39 is 0 Å². The average molecular weight is 329 g/mol. The van der Waals surface area contributed by atoms with E-state index in [0.717, 1.165) is 25.9 Å². The Labute approximate surface area is 121 Å². The fraction of sp³-hybridized carbons (Fsp3) is 0.500. The van der Waals surface area contributed by atoms with E-state index >= 15 is 0 Å². The Balaban J connectivity index is 2.09. The number of rotatable bonds is 2. The van der Waals surface area contributed by atoms with Crippen molar-refractivity contribution in [3.63, 3.8) is 0 Å². The quantitative estimate of drug-likeness (QED) is 0.905. The van der Waals surface area contributed by atoms with Gasteiger partial charge >= 0.3 is 0 Å². The number of amides is 1. The SMILES string of the molecule is CNC1(C)CCN(C(=O)c2ccc(F)cc2Br)CC1. The molecule has 1 aliphatic rings. The molecule has 0 atom stereocenters. The van der Waals surface area contributed by atoms with Gasteiger partial charge in [-0.15, -0.1) is 0 Å². The molecule has 1 fully saturated rings. The topological polar surface area (TPSA) is 32.3 Å². The minimum Gasteiger partial charge on any atom is -0.338 e. The van der Waals surface area contributed by atoms with Gasteiger partial charge in [0.1, 0.15) is 5.82 Å². The summed E-state index contributed by atoms with van der Waals surface area (Å²) in [6.07, 6.45) is 1.85. The third-order valence-corrected chi connectivity index (χ3v) is 4.58. The molecular weight excluding hydrogens is 311 g/mol. The van der Waals surface area contributed by atoms with Gasteiger partial charge in [-0.3, -0.25) is 4.79 Å². The molecule has 1 aromatic rings. The van der Waals surface area contributed by atoms with E-state index in [9.17, 15) is 9.18 Å². The molecule has 5 heteroatoms. The molecule has 1 aromatic carbocycles. The molecule has 2 rings (SSSR count). The van der Waals surface area contributed by atoms with Gasteiger partial charge in [-0.05, 0) is 60.9 Å². The van der Waals surface area contributed by atoms with Crippen LogP contribution in [0.3, 0.4) is 0 Å². The molecule has 0 saturated carbocycles. The van der Waals surface area contributed by atoms with Gasteiger partial charge < -0.3 is 10.2 Å². The fourth-order valence-electron chi connectivity index (χ4n) is 2.29. The highest BCUT2D eigenvalue weighted by atomic mass is 79.9. The summed E-state index contributed by atoms with van der Waals surface area (Å²) in [7, 11) is 1.95. The zero-order chi connectivity index (χ0) is 14.0. The number of likely N-dealkylation sites (tertiary alicyclic amines) is 1. The molecule has 1 heterocycles. The lowest BCUT2D eigenvalue weighted by Gasteiger charge is -2.39. The predicted molar refractivity (Wildman–Crippen MR) is 76.7 cm³/mol. The second kappa shape index (κ2) is 5.59. The number of carbonyl (C=O) groups is 1. The Morgan fingerprint density at radius 1 is 1.42 bits per heavy atom. The summed E-state index contributed by atoms with van der Waals surface area (Å²) in [5.41, 5.74) is 0.631. The molecule has 0 aliphatic carbocycles. The van der Waals surface area contributed by atoms with Crippen molar-refractivity contribution < 1.29 is 9.18 Å². The Morgan fingerprint density at radius 2 is 2.05 bits per heavy atom. The highest BCUT2D eigenvalue weighted by Gasteiger charge is 2.31. The van der Waals surface area contributed by atoms with Crippen LogP contribution in [-0.2, 0) is 0 Å². The fourth-order valence-corrected chi connectivity index (χ4v) is 2.81. The van der Waals surface area contributed by atoms with Gasteiger partial charge in [0.05, 0.1) is 5.56 Å². The molecule has 0 spiro atoms. The van der Waals surface area contributed by atoms with Crippen LogP contribution in [0, 0.1) is 5.82 Å². The van der Waals surface area contributed by atoms with E-state index in [1.54, 1.807) is 0 Å². The second-order valence-corrected chi connectivity index (χ2v) is 6.08. The van der Waals surface area contributed by atoms with Gasteiger partial charge in [0.25, 0.3) is 5.91 Å². The van der Waals surface area contributed by atoms with Crippen molar-refractivity contribution in [1.82, 2.24) is 10.2 Å². The van der Waals surface area contributed by atoms with Crippen LogP contribution in [0.5, 0.6) is 0 Å². The van der Waals surface area contributed by atoms with Gasteiger partial charge in [-0.2, -0.15) is 0 Å². The molecule has 1 N–H and O–H groups in total. The number of hydrogen-bond donors (Lipinski definition) is 1. The summed E-state index contributed by atoms with van der Waals surface area (Å²) in [5, 5.41) is 3.30. The van der Waals surface area contributed by atoms with Crippen LogP contribution >= 0.6 is 15.9 Å². The van der Waals surface area contributed by atoms with Crippen LogP contribution < -0.4 is 5.32 Å². The predicted octanol–water partition coefficient (Wildman–Crippen LogP) is 2.80. The summed E-state index contributed by atoms with van der Waals surface area (Å²) in [6, 6.07) is 4.18. The Hall–Kier alpha value is -0.940. The Kier molecular flexibility index (Phi) is 4.26. The standard InChI is InChI=1S/C14H18BrFN2O/c1-14(17-2)5-7-18(8-6-14)13(19)11-4-3-10(16)9-12(11)15/h3-4,9,17H,5-8H2,1-2H3. The van der Waals surface area contributed by atoms with Crippen LogP contribution in [0.4, 0.5) is 4.39 Å². The van der Waals surface area contributed by atoms with E-state index in [1.807, 2.05) is 11.9 Å². The summed E-state index contributed by atoms with van der Waals surface area (Å²) in [6.45, 7) is 3.61. The molecule has 0 bridgehead atoms. The van der Waals surface area contributed by atoms with Crippen molar-refractivity contribution in [1.29, 1.82) is 0 Å². The molecule has 1 saturated heterocycles. The molecule has 0 aromatic heterocycles. The van der Waals surface area contributed by atoms with Crippen molar-refractivity contribution in [2.45, 2.75) is 25.3 Å². The number of carbonyl (C=O) groups excluding carboxylic acids is 1. The van der Waals surface area contributed by atoms with Crippen molar-refractivity contribution >= 4 is 21.8 Å². The first-order valence-corrected chi connectivity index (χ1v) is 7.18.